The Kier molecular flexibility index (Phi) is 10.0. The first-order valence-electron chi connectivity index (χ1n) is 13.9. The van der Waals surface area contributed by atoms with Crippen molar-refractivity contribution in [3.05, 3.63) is 12.7 Å². The second kappa shape index (κ2) is 12.1. The number of amides is 4. The average molecular weight is 549 g/mol. The Hall–Kier alpha value is -2.91. The van der Waals surface area contributed by atoms with Crippen molar-refractivity contribution in [2.75, 3.05) is 13.1 Å². The highest BCUT2D eigenvalue weighted by Crippen LogP contribution is 2.65. The van der Waals surface area contributed by atoms with Gasteiger partial charge in [-0.1, -0.05) is 54.0 Å². The maximum atomic E-state index is 13.9. The van der Waals surface area contributed by atoms with Gasteiger partial charge in [-0.2, -0.15) is 0 Å². The van der Waals surface area contributed by atoms with Crippen LogP contribution in [-0.4, -0.2) is 71.3 Å². The van der Waals surface area contributed by atoms with Gasteiger partial charge in [-0.15, -0.1) is 6.58 Å². The van der Waals surface area contributed by atoms with Crippen LogP contribution in [0, 0.1) is 22.7 Å². The van der Waals surface area contributed by atoms with E-state index in [1.54, 1.807) is 26.8 Å². The molecule has 4 amide bonds. The molecule has 10 heteroatoms. The number of carbonyl (C=O) groups is 5. The lowest BCUT2D eigenvalue weighted by atomic mass is 9.85. The van der Waals surface area contributed by atoms with Gasteiger partial charge >= 0.3 is 6.09 Å². The number of Topliss-reactive ketones (excluding diaryl/α,β-unsaturated/α-hetero) is 1. The number of alkyl carbamates (subject to hydrolysis) is 1. The van der Waals surface area contributed by atoms with E-state index >= 15 is 0 Å². The van der Waals surface area contributed by atoms with Crippen molar-refractivity contribution < 1.29 is 28.7 Å². The van der Waals surface area contributed by atoms with Crippen LogP contribution in [0.2, 0.25) is 0 Å². The first-order chi connectivity index (χ1) is 17.9. The Morgan fingerprint density at radius 2 is 1.69 bits per heavy atom. The molecule has 0 aromatic carbocycles. The number of carbonyl (C=O) groups excluding carboxylic acids is 5. The van der Waals surface area contributed by atoms with Gasteiger partial charge in [-0.25, -0.2) is 4.79 Å². The van der Waals surface area contributed by atoms with Crippen LogP contribution in [-0.2, 0) is 23.9 Å². The van der Waals surface area contributed by atoms with Crippen LogP contribution in [0.25, 0.3) is 0 Å². The number of nitrogens with zero attached hydrogens (tertiary/aromatic N) is 1. The number of ketones is 1. The SMILES string of the molecule is C=CCCNC(=O)C(=O)C(CCC)NC(=O)[C@@H]1[C@@H]2[C@H](CN1C(=O)[C@@H](NC(=O)OC(C)(C)C)C(C)(C)C)C2(C)C. The maximum Gasteiger partial charge on any atom is 0.408 e. The smallest absolute Gasteiger partial charge is 0.408 e. The predicted octanol–water partition coefficient (Wildman–Crippen LogP) is 2.96. The molecule has 1 saturated heterocycles. The zero-order valence-corrected chi connectivity index (χ0v) is 25.1. The first-order valence-corrected chi connectivity index (χ1v) is 13.9. The average Bonchev–Trinajstić information content (AvgIpc) is 3.14. The van der Waals surface area contributed by atoms with Gasteiger partial charge in [0.25, 0.3) is 5.91 Å². The second-order valence-corrected chi connectivity index (χ2v) is 13.4. The molecule has 0 radical (unpaired) electrons. The number of nitrogens with one attached hydrogen (secondary N) is 3. The highest BCUT2D eigenvalue weighted by molar-refractivity contribution is 6.38. The third kappa shape index (κ3) is 7.82. The summed E-state index contributed by atoms with van der Waals surface area (Å²) in [6, 6.07) is -2.76. The van der Waals surface area contributed by atoms with Gasteiger partial charge < -0.3 is 25.6 Å². The number of likely N-dealkylation sites (tertiary alicyclic amines) is 1. The molecule has 2 fully saturated rings. The molecule has 2 aliphatic rings. The van der Waals surface area contributed by atoms with Crippen molar-refractivity contribution in [3.8, 4) is 0 Å². The molecule has 10 nitrogen and oxygen atoms in total. The Bertz CT molecular complexity index is 977. The number of hydrogen-bond donors (Lipinski definition) is 3. The van der Waals surface area contributed by atoms with E-state index in [0.29, 0.717) is 25.8 Å². The summed E-state index contributed by atoms with van der Waals surface area (Å²) in [5.41, 5.74) is -1.56. The van der Waals surface area contributed by atoms with Crippen LogP contribution < -0.4 is 16.0 Å². The summed E-state index contributed by atoms with van der Waals surface area (Å²) in [5.74, 6) is -2.29. The van der Waals surface area contributed by atoms with Crippen molar-refractivity contribution in [2.45, 2.75) is 105 Å². The molecule has 1 aliphatic heterocycles. The molecule has 1 aliphatic carbocycles. The van der Waals surface area contributed by atoms with Gasteiger partial charge in [0.15, 0.2) is 0 Å². The molecule has 3 N–H and O–H groups in total. The number of piperidine rings is 1. The summed E-state index contributed by atoms with van der Waals surface area (Å²) < 4.78 is 5.40. The molecule has 0 bridgehead atoms. The molecule has 0 aromatic heterocycles. The quantitative estimate of drug-likeness (QED) is 0.207. The van der Waals surface area contributed by atoms with E-state index in [0.717, 1.165) is 0 Å². The normalized spacial score (nSPS) is 23.1. The number of ether oxygens (including phenoxy) is 1. The Balaban J connectivity index is 2.28. The minimum Gasteiger partial charge on any atom is -0.444 e. The Morgan fingerprint density at radius 3 is 2.21 bits per heavy atom. The van der Waals surface area contributed by atoms with E-state index in [2.05, 4.69) is 36.4 Å². The maximum absolute atomic E-state index is 13.9. The fraction of sp³-hybridized carbons (Fsp3) is 0.759. The van der Waals surface area contributed by atoms with Gasteiger partial charge in [0.2, 0.25) is 17.6 Å². The molecule has 0 aromatic rings. The summed E-state index contributed by atoms with van der Waals surface area (Å²) >= 11 is 0. The molecule has 5 atom stereocenters. The highest BCUT2D eigenvalue weighted by atomic mass is 16.6. The van der Waals surface area contributed by atoms with E-state index in [4.69, 9.17) is 4.74 Å². The third-order valence-electron chi connectivity index (χ3n) is 7.60. The lowest BCUT2D eigenvalue weighted by Gasteiger charge is -2.38. The van der Waals surface area contributed by atoms with E-state index < -0.39 is 52.8 Å². The van der Waals surface area contributed by atoms with Crippen molar-refractivity contribution in [1.82, 2.24) is 20.9 Å². The van der Waals surface area contributed by atoms with Crippen LogP contribution in [0.5, 0.6) is 0 Å². The standard InChI is InChI=1S/C29H48N4O6/c1-11-13-15-30-24(36)21(34)18(14-12-2)31-23(35)20-19-17(29(19,9)10)16-33(20)25(37)22(27(3,4)5)32-26(38)39-28(6,7)8/h11,17-20,22H,1,12-16H2,2-10H3,(H,30,36)(H,31,35)(H,32,38)/t17-,18?,19-,20-,22+/m0/s1. The molecular weight excluding hydrogens is 500 g/mol. The van der Waals surface area contributed by atoms with Gasteiger partial charge in [-0.05, 0) is 56.3 Å². The number of fused-ring (bicyclic) bond motifs is 1. The van der Waals surface area contributed by atoms with E-state index in [-0.39, 0.29) is 29.7 Å². The fourth-order valence-electron chi connectivity index (χ4n) is 5.40. The topological polar surface area (TPSA) is 134 Å². The predicted molar refractivity (Wildman–Crippen MR) is 149 cm³/mol. The van der Waals surface area contributed by atoms with Crippen molar-refractivity contribution >= 4 is 29.6 Å². The van der Waals surface area contributed by atoms with Crippen molar-refractivity contribution in [3.63, 3.8) is 0 Å². The van der Waals surface area contributed by atoms with Gasteiger partial charge in [0.1, 0.15) is 17.7 Å². The van der Waals surface area contributed by atoms with Gasteiger partial charge in [0, 0.05) is 13.1 Å². The summed E-state index contributed by atoms with van der Waals surface area (Å²) in [4.78, 5) is 67.1. The number of hydrogen-bond acceptors (Lipinski definition) is 6. The number of rotatable bonds is 11. The van der Waals surface area contributed by atoms with Gasteiger partial charge in [0.05, 0.1) is 6.04 Å². The third-order valence-corrected chi connectivity index (χ3v) is 7.60. The molecule has 220 valence electrons. The van der Waals surface area contributed by atoms with Gasteiger partial charge in [-0.3, -0.25) is 19.2 Å². The summed E-state index contributed by atoms with van der Waals surface area (Å²) in [5, 5.41) is 8.07. The zero-order valence-electron chi connectivity index (χ0n) is 25.1. The monoisotopic (exact) mass is 548 g/mol. The van der Waals surface area contributed by atoms with E-state index in [9.17, 15) is 24.0 Å². The van der Waals surface area contributed by atoms with E-state index in [1.165, 1.54) is 4.90 Å². The van der Waals surface area contributed by atoms with Crippen LogP contribution >= 0.6 is 0 Å². The molecule has 2 rings (SSSR count). The summed E-state index contributed by atoms with van der Waals surface area (Å²) in [7, 11) is 0. The van der Waals surface area contributed by atoms with Crippen LogP contribution in [0.4, 0.5) is 4.79 Å². The van der Waals surface area contributed by atoms with Crippen LogP contribution in [0.1, 0.15) is 81.6 Å². The summed E-state index contributed by atoms with van der Waals surface area (Å²) in [6.45, 7) is 21.0. The molecule has 1 saturated carbocycles. The Labute approximate surface area is 233 Å². The molecule has 1 unspecified atom stereocenters. The Morgan fingerprint density at radius 1 is 1.08 bits per heavy atom. The van der Waals surface area contributed by atoms with Crippen molar-refractivity contribution in [1.29, 1.82) is 0 Å². The first kappa shape index (κ1) is 32.3. The largest absolute Gasteiger partial charge is 0.444 e. The van der Waals surface area contributed by atoms with Crippen molar-refractivity contribution in [2.24, 2.45) is 22.7 Å². The lowest BCUT2D eigenvalue weighted by Crippen LogP contribution is -2.60. The van der Waals surface area contributed by atoms with Crippen LogP contribution in [0.3, 0.4) is 0 Å². The minimum atomic E-state index is -0.998. The molecule has 39 heavy (non-hydrogen) atoms. The van der Waals surface area contributed by atoms with E-state index in [1.807, 2.05) is 27.7 Å². The zero-order chi connectivity index (χ0) is 29.9. The fourth-order valence-corrected chi connectivity index (χ4v) is 5.40. The van der Waals surface area contributed by atoms with Crippen LogP contribution in [0.15, 0.2) is 12.7 Å². The molecule has 0 spiro atoms. The second-order valence-electron chi connectivity index (χ2n) is 13.4. The molecule has 1 heterocycles. The highest BCUT2D eigenvalue weighted by Gasteiger charge is 2.69. The molecular formula is C29H48N4O6. The minimum absolute atomic E-state index is 0.0950. The lowest BCUT2D eigenvalue weighted by molar-refractivity contribution is -0.145. The summed E-state index contributed by atoms with van der Waals surface area (Å²) in [6.07, 6.45) is 2.32.